The number of halogens is 1. The molecule has 1 saturated carbocycles. The highest BCUT2D eigenvalue weighted by molar-refractivity contribution is 7.99. The Balaban J connectivity index is 1.47. The lowest BCUT2D eigenvalue weighted by molar-refractivity contribution is 0.385. The SMILES string of the molecule is [3H]C([3H])([3H])N(C)C[C@H]1C[C@@H]1c1ccc(-c2ncn(C)c2Sc2ccc(Cl)cn2)cc1. The molecular weight excluding hydrogens is 376 g/mol. The summed E-state index contributed by atoms with van der Waals surface area (Å²) in [6, 6.07) is 12.2. The first-order valence-electron chi connectivity index (χ1n) is 10.3. The molecule has 27 heavy (non-hydrogen) atoms. The first-order chi connectivity index (χ1) is 14.2. The minimum atomic E-state index is -2.02. The standard InChI is InChI=1S/C21H23ClN4S/c1-25(2)12-16-10-18(16)14-4-6-15(7-5-14)20-21(26(3)13-24-20)27-19-9-8-17(22)11-23-19/h4-9,11,13,16,18H,10,12H2,1-3H3/t16-,18-/m1/s1/i1T3. The van der Waals surface area contributed by atoms with Crippen LogP contribution in [0.3, 0.4) is 0 Å². The monoisotopic (exact) mass is 404 g/mol. The Labute approximate surface area is 173 Å². The van der Waals surface area contributed by atoms with Gasteiger partial charge < -0.3 is 9.47 Å². The van der Waals surface area contributed by atoms with Crippen molar-refractivity contribution in [3.8, 4) is 11.3 Å². The first kappa shape index (κ1) is 15.1. The van der Waals surface area contributed by atoms with Crippen LogP contribution >= 0.6 is 23.4 Å². The van der Waals surface area contributed by atoms with Gasteiger partial charge in [-0.05, 0) is 61.7 Å². The molecule has 3 aromatic rings. The lowest BCUT2D eigenvalue weighted by Crippen LogP contribution is -2.15. The van der Waals surface area contributed by atoms with Crippen LogP contribution in [0.25, 0.3) is 11.3 Å². The summed E-state index contributed by atoms with van der Waals surface area (Å²) in [5, 5.41) is 2.49. The molecule has 2 heterocycles. The highest BCUT2D eigenvalue weighted by atomic mass is 35.5. The number of imidazole rings is 1. The molecule has 6 heteroatoms. The average Bonchev–Trinajstić information content (AvgIpc) is 3.38. The molecule has 0 bridgehead atoms. The average molecular weight is 405 g/mol. The van der Waals surface area contributed by atoms with Gasteiger partial charge in [-0.15, -0.1) is 0 Å². The van der Waals surface area contributed by atoms with Gasteiger partial charge in [0.25, 0.3) is 0 Å². The van der Waals surface area contributed by atoms with Crippen LogP contribution in [0.1, 0.15) is 22.0 Å². The van der Waals surface area contributed by atoms with Crippen LogP contribution in [-0.4, -0.2) is 40.0 Å². The zero-order valence-electron chi connectivity index (χ0n) is 18.3. The maximum atomic E-state index is 7.50. The van der Waals surface area contributed by atoms with E-state index in [4.69, 9.17) is 15.7 Å². The zero-order valence-corrected chi connectivity index (χ0v) is 16.8. The van der Waals surface area contributed by atoms with Gasteiger partial charge in [-0.25, -0.2) is 9.97 Å². The Morgan fingerprint density at radius 2 is 2.07 bits per heavy atom. The molecule has 140 valence electrons. The van der Waals surface area contributed by atoms with Crippen LogP contribution < -0.4 is 0 Å². The summed E-state index contributed by atoms with van der Waals surface area (Å²) < 4.78 is 24.5. The number of aryl methyl sites for hydroxylation is 1. The van der Waals surface area contributed by atoms with E-state index in [1.54, 1.807) is 25.0 Å². The van der Waals surface area contributed by atoms with Crippen molar-refractivity contribution in [2.45, 2.75) is 22.4 Å². The molecule has 0 amide bonds. The summed E-state index contributed by atoms with van der Waals surface area (Å²) in [5.41, 5.74) is 3.22. The third kappa shape index (κ3) is 4.21. The Morgan fingerprint density at radius 3 is 2.78 bits per heavy atom. The molecule has 0 unspecified atom stereocenters. The second-order valence-corrected chi connectivity index (χ2v) is 8.48. The number of benzene rings is 1. The van der Waals surface area contributed by atoms with Crippen molar-refractivity contribution >= 4 is 23.4 Å². The van der Waals surface area contributed by atoms with E-state index in [1.807, 2.05) is 30.1 Å². The lowest BCUT2D eigenvalue weighted by atomic mass is 10.1. The Hall–Kier alpha value is -1.82. The fraction of sp³-hybridized carbons (Fsp3) is 0.333. The van der Waals surface area contributed by atoms with Crippen LogP contribution in [0, 0.1) is 5.92 Å². The molecule has 1 fully saturated rings. The molecule has 1 aliphatic rings. The predicted molar refractivity (Wildman–Crippen MR) is 111 cm³/mol. The van der Waals surface area contributed by atoms with E-state index < -0.39 is 6.98 Å². The van der Waals surface area contributed by atoms with Gasteiger partial charge in [0.15, 0.2) is 0 Å². The van der Waals surface area contributed by atoms with E-state index in [-0.39, 0.29) is 0 Å². The molecule has 0 aliphatic heterocycles. The number of aromatic nitrogens is 3. The molecule has 1 aromatic carbocycles. The maximum Gasteiger partial charge on any atom is 0.109 e. The highest BCUT2D eigenvalue weighted by Crippen LogP contribution is 2.48. The molecule has 4 nitrogen and oxygen atoms in total. The van der Waals surface area contributed by atoms with E-state index in [2.05, 4.69) is 34.2 Å². The van der Waals surface area contributed by atoms with Crippen molar-refractivity contribution in [1.29, 1.82) is 0 Å². The van der Waals surface area contributed by atoms with Crippen LogP contribution in [0.4, 0.5) is 0 Å². The highest BCUT2D eigenvalue weighted by Gasteiger charge is 2.38. The zero-order chi connectivity index (χ0) is 21.5. The second kappa shape index (κ2) is 7.66. The van der Waals surface area contributed by atoms with Gasteiger partial charge in [0.05, 0.1) is 11.3 Å². The first-order valence-corrected chi connectivity index (χ1v) is 10.0. The van der Waals surface area contributed by atoms with Crippen molar-refractivity contribution < 1.29 is 4.11 Å². The molecule has 2 aromatic heterocycles. The van der Waals surface area contributed by atoms with Crippen molar-refractivity contribution in [2.24, 2.45) is 13.0 Å². The smallest absolute Gasteiger partial charge is 0.109 e. The van der Waals surface area contributed by atoms with Crippen LogP contribution in [-0.2, 0) is 7.05 Å². The molecule has 1 aliphatic carbocycles. The summed E-state index contributed by atoms with van der Waals surface area (Å²) >= 11 is 7.49. The topological polar surface area (TPSA) is 34.0 Å². The number of pyridine rings is 1. The molecule has 0 saturated heterocycles. The van der Waals surface area contributed by atoms with Gasteiger partial charge in [0.1, 0.15) is 15.7 Å². The minimum absolute atomic E-state index is 0.401. The van der Waals surface area contributed by atoms with Crippen LogP contribution in [0.2, 0.25) is 5.02 Å². The van der Waals surface area contributed by atoms with Gasteiger partial charge in [-0.3, -0.25) is 0 Å². The molecular formula is C21H23ClN4S. The van der Waals surface area contributed by atoms with Crippen molar-refractivity contribution in [3.63, 3.8) is 0 Å². The van der Waals surface area contributed by atoms with E-state index in [9.17, 15) is 0 Å². The number of nitrogens with zero attached hydrogens (tertiary/aromatic N) is 4. The molecule has 2 atom stereocenters. The third-order valence-corrected chi connectivity index (χ3v) is 6.18. The fourth-order valence-corrected chi connectivity index (χ4v) is 4.37. The third-order valence-electron chi connectivity index (χ3n) is 4.83. The number of hydrogen-bond donors (Lipinski definition) is 0. The summed E-state index contributed by atoms with van der Waals surface area (Å²) in [4.78, 5) is 10.4. The van der Waals surface area contributed by atoms with Gasteiger partial charge in [0, 0.05) is 29.5 Å². The lowest BCUT2D eigenvalue weighted by Gasteiger charge is -2.09. The van der Waals surface area contributed by atoms with Gasteiger partial charge >= 0.3 is 0 Å². The largest absolute Gasteiger partial charge is 0.328 e. The van der Waals surface area contributed by atoms with E-state index in [1.165, 1.54) is 10.5 Å². The minimum Gasteiger partial charge on any atom is -0.328 e. The van der Waals surface area contributed by atoms with Gasteiger partial charge in [-0.1, -0.05) is 35.9 Å². The van der Waals surface area contributed by atoms with Crippen LogP contribution in [0.5, 0.6) is 0 Å². The molecule has 0 radical (unpaired) electrons. The summed E-state index contributed by atoms with van der Waals surface area (Å²) in [6.45, 7) is -1.43. The normalized spacial score (nSPS) is 21.0. The quantitative estimate of drug-likeness (QED) is 0.582. The Kier molecular flexibility index (Phi) is 4.30. The summed E-state index contributed by atoms with van der Waals surface area (Å²) in [5.74, 6) is 0.831. The van der Waals surface area contributed by atoms with E-state index in [0.717, 1.165) is 27.7 Å². The fourth-order valence-electron chi connectivity index (χ4n) is 3.36. The van der Waals surface area contributed by atoms with Gasteiger partial charge in [-0.2, -0.15) is 0 Å². The number of hydrogen-bond acceptors (Lipinski definition) is 4. The van der Waals surface area contributed by atoms with Gasteiger partial charge in [0.2, 0.25) is 0 Å². The Bertz CT molecular complexity index is 1020. The van der Waals surface area contributed by atoms with Crippen LogP contribution in [0.15, 0.2) is 59.0 Å². The van der Waals surface area contributed by atoms with Crippen molar-refractivity contribution in [3.05, 3.63) is 59.5 Å². The summed E-state index contributed by atoms with van der Waals surface area (Å²) in [6.07, 6.45) is 4.49. The molecule has 0 spiro atoms. The molecule has 0 N–H and O–H groups in total. The van der Waals surface area contributed by atoms with Crippen molar-refractivity contribution in [2.75, 3.05) is 20.6 Å². The van der Waals surface area contributed by atoms with E-state index >= 15 is 0 Å². The van der Waals surface area contributed by atoms with Crippen molar-refractivity contribution in [1.82, 2.24) is 19.4 Å². The predicted octanol–water partition coefficient (Wildman–Crippen LogP) is 4.95. The number of rotatable bonds is 6. The second-order valence-electron chi connectivity index (χ2n) is 7.03. The van der Waals surface area contributed by atoms with E-state index in [0.29, 0.717) is 23.4 Å². The Morgan fingerprint density at radius 1 is 1.26 bits per heavy atom. The maximum absolute atomic E-state index is 7.50. The molecule has 4 rings (SSSR count). The summed E-state index contributed by atoms with van der Waals surface area (Å²) in [7, 11) is 3.64.